The number of carbonyl (C=O) groups excluding carboxylic acids is 4. The predicted octanol–water partition coefficient (Wildman–Crippen LogP) is -1.34. The van der Waals surface area contributed by atoms with E-state index >= 15 is 0 Å². The molecule has 0 saturated carbocycles. The Morgan fingerprint density at radius 3 is 2.58 bits per heavy atom. The maximum absolute atomic E-state index is 12.0. The number of likely N-dealkylation sites (N-methyl/N-ethyl adjacent to an activating group) is 1. The van der Waals surface area contributed by atoms with Crippen molar-refractivity contribution in [1.29, 1.82) is 0 Å². The zero-order valence-electron chi connectivity index (χ0n) is 14.6. The maximum atomic E-state index is 12.0. The first-order valence-corrected chi connectivity index (χ1v) is 5.42. The van der Waals surface area contributed by atoms with Crippen molar-refractivity contribution in [3.63, 3.8) is 0 Å². The van der Waals surface area contributed by atoms with Crippen LogP contribution in [0, 0.1) is 0 Å². The van der Waals surface area contributed by atoms with E-state index in [9.17, 15) is 19.2 Å². The number of rotatable bonds is 5. The summed E-state index contributed by atoms with van der Waals surface area (Å²) in [5.41, 5.74) is 0. The fourth-order valence-corrected chi connectivity index (χ4v) is 1.30. The van der Waals surface area contributed by atoms with Crippen LogP contribution >= 0.6 is 0 Å². The monoisotopic (exact) mass is 279 g/mol. The average Bonchev–Trinajstić information content (AvgIpc) is 2.67. The molecule has 0 aromatic carbocycles. The molecule has 0 aliphatic carbocycles. The van der Waals surface area contributed by atoms with E-state index in [0.717, 1.165) is 0 Å². The second-order valence-electron chi connectivity index (χ2n) is 4.12. The fraction of sp³-hybridized carbons (Fsp3) is 0.636. The minimum Gasteiger partial charge on any atom is -0.342 e. The lowest BCUT2D eigenvalue weighted by molar-refractivity contribution is -0.198. The summed E-state index contributed by atoms with van der Waals surface area (Å²) in [6.07, 6.45) is -0.365. The van der Waals surface area contributed by atoms with Crippen LogP contribution in [-0.4, -0.2) is 60.3 Å². The molecule has 0 aromatic heterocycles. The van der Waals surface area contributed by atoms with Gasteiger partial charge in [0.15, 0.2) is 0 Å². The molecule has 19 heavy (non-hydrogen) atoms. The molecular formula is C11H17N3O5. The summed E-state index contributed by atoms with van der Waals surface area (Å²) in [6, 6.07) is -3.15. The second-order valence-corrected chi connectivity index (χ2v) is 4.12. The molecule has 1 fully saturated rings. The smallest absolute Gasteiger partial charge is 0.342 e. The molecule has 1 unspecified atom stereocenters. The Hall–Kier alpha value is -1.96. The van der Waals surface area contributed by atoms with Crippen molar-refractivity contribution >= 4 is 23.7 Å². The van der Waals surface area contributed by atoms with Gasteiger partial charge >= 0.3 is 5.97 Å². The van der Waals surface area contributed by atoms with Gasteiger partial charge in [0.25, 0.3) is 11.8 Å². The van der Waals surface area contributed by atoms with Crippen LogP contribution in [0.1, 0.15) is 25.2 Å². The predicted molar refractivity (Wildman–Crippen MR) is 63.3 cm³/mol. The van der Waals surface area contributed by atoms with Crippen LogP contribution in [0.5, 0.6) is 0 Å². The van der Waals surface area contributed by atoms with E-state index in [1.165, 1.54) is 19.0 Å². The molecule has 1 heterocycles. The van der Waals surface area contributed by atoms with Gasteiger partial charge in [-0.25, -0.2) is 4.79 Å². The molecule has 1 atom stereocenters. The van der Waals surface area contributed by atoms with Gasteiger partial charge in [-0.1, -0.05) is 0 Å². The molecule has 3 amide bonds. The van der Waals surface area contributed by atoms with Crippen LogP contribution in [0.4, 0.5) is 0 Å². The summed E-state index contributed by atoms with van der Waals surface area (Å²) < 4.78 is 29.7. The molecule has 1 rings (SSSR count). The summed E-state index contributed by atoms with van der Waals surface area (Å²) in [7, 11) is 3.06. The van der Waals surface area contributed by atoms with E-state index in [0.29, 0.717) is 0 Å². The highest BCUT2D eigenvalue weighted by Crippen LogP contribution is 2.12. The number of hydrogen-bond acceptors (Lipinski definition) is 6. The van der Waals surface area contributed by atoms with Crippen LogP contribution in [0.25, 0.3) is 0 Å². The summed E-state index contributed by atoms with van der Waals surface area (Å²) in [4.78, 5) is 52.4. The molecule has 106 valence electrons. The SMILES string of the molecule is [2H]C([2H])([2H])C([2H])(NC(=[18O])CN(C)C)C(=[18O])ON1C(=O)CCC1=O. The quantitative estimate of drug-likeness (QED) is 0.494. The van der Waals surface area contributed by atoms with Gasteiger partial charge in [-0.3, -0.25) is 14.4 Å². The molecule has 1 aliphatic rings. The van der Waals surface area contributed by atoms with Crippen molar-refractivity contribution in [3.8, 4) is 0 Å². The molecule has 8 nitrogen and oxygen atoms in total. The molecule has 1 aliphatic heterocycles. The molecular weight excluding hydrogens is 258 g/mol. The maximum Gasteiger partial charge on any atom is 0.354 e. The largest absolute Gasteiger partial charge is 0.354 e. The van der Waals surface area contributed by atoms with Crippen LogP contribution in [0.2, 0.25) is 0 Å². The van der Waals surface area contributed by atoms with Gasteiger partial charge in [-0.05, 0) is 20.9 Å². The van der Waals surface area contributed by atoms with E-state index in [2.05, 4.69) is 4.84 Å². The summed E-state index contributed by atoms with van der Waals surface area (Å²) >= 11 is 0. The lowest BCUT2D eigenvalue weighted by atomic mass is 10.3. The lowest BCUT2D eigenvalue weighted by Crippen LogP contribution is -2.45. The van der Waals surface area contributed by atoms with Gasteiger partial charge < -0.3 is 15.1 Å². The molecule has 0 bridgehead atoms. The molecule has 1 saturated heterocycles. The number of hydrogen-bond donors (Lipinski definition) is 1. The van der Waals surface area contributed by atoms with Crippen LogP contribution in [0.15, 0.2) is 0 Å². The zero-order valence-corrected chi connectivity index (χ0v) is 10.6. The summed E-state index contributed by atoms with van der Waals surface area (Å²) in [6.45, 7) is -3.55. The number of hydroxylamine groups is 2. The van der Waals surface area contributed by atoms with Crippen molar-refractivity contribution < 1.29 is 29.5 Å². The third-order valence-corrected chi connectivity index (χ3v) is 2.11. The Balaban J connectivity index is 2.96. The van der Waals surface area contributed by atoms with Crippen molar-refractivity contribution in [2.75, 3.05) is 20.6 Å². The van der Waals surface area contributed by atoms with E-state index in [-0.39, 0.29) is 24.4 Å². The van der Waals surface area contributed by atoms with E-state index in [1.807, 2.05) is 0 Å². The van der Waals surface area contributed by atoms with Crippen molar-refractivity contribution in [2.24, 2.45) is 0 Å². The zero-order chi connectivity index (χ0) is 18.0. The normalized spacial score (nSPS) is 22.2. The van der Waals surface area contributed by atoms with Gasteiger partial charge in [-0.15, -0.1) is 5.06 Å². The second kappa shape index (κ2) is 6.28. The Bertz CT molecular complexity index is 520. The van der Waals surface area contributed by atoms with Gasteiger partial charge in [0, 0.05) is 17.0 Å². The third-order valence-electron chi connectivity index (χ3n) is 2.11. The molecule has 1 N–H and O–H groups in total. The van der Waals surface area contributed by atoms with Crippen LogP contribution in [0.3, 0.4) is 0 Å². The van der Waals surface area contributed by atoms with Gasteiger partial charge in [0.05, 0.1) is 7.92 Å². The first-order valence-electron chi connectivity index (χ1n) is 7.42. The van der Waals surface area contributed by atoms with Crippen molar-refractivity contribution in [2.45, 2.75) is 25.7 Å². The molecule has 0 spiro atoms. The Labute approximate surface area is 116 Å². The van der Waals surface area contributed by atoms with E-state index in [1.54, 1.807) is 5.32 Å². The standard InChI is InChI=1S/C11H17N3O5/c1-7(12-8(15)6-13(2)3)11(18)19-14-9(16)4-5-10(14)17/h7H,4-6H2,1-3H3,(H,12,15)/i1D3,7D,15+2,18+2. The minimum absolute atomic E-state index is 0.121. The van der Waals surface area contributed by atoms with Crippen LogP contribution < -0.4 is 5.32 Å². The summed E-state index contributed by atoms with van der Waals surface area (Å²) in [5, 5.41) is 1.89. The highest BCUT2D eigenvalue weighted by Gasteiger charge is 2.34. The molecule has 8 heteroatoms. The number of amides is 3. The average molecular weight is 279 g/mol. The summed E-state index contributed by atoms with van der Waals surface area (Å²) in [5.74, 6) is -4.29. The Kier molecular flexibility index (Phi) is 3.27. The third kappa shape index (κ3) is 4.32. The highest BCUT2D eigenvalue weighted by molar-refractivity contribution is 6.01. The minimum atomic E-state index is -3.28. The van der Waals surface area contributed by atoms with Crippen molar-refractivity contribution in [1.82, 2.24) is 15.3 Å². The highest BCUT2D eigenvalue weighted by atomic mass is 18.1. The van der Waals surface area contributed by atoms with Crippen LogP contribution in [-0.2, 0) is 24.0 Å². The number of imide groups is 1. The van der Waals surface area contributed by atoms with Gasteiger partial charge in [0.2, 0.25) is 5.91 Å². The topological polar surface area (TPSA) is 96.0 Å². The van der Waals surface area contributed by atoms with Crippen molar-refractivity contribution in [3.05, 3.63) is 0 Å². The molecule has 0 aromatic rings. The fourth-order valence-electron chi connectivity index (χ4n) is 1.30. The number of nitrogens with zero attached hydrogens (tertiary/aromatic N) is 2. The Morgan fingerprint density at radius 1 is 1.53 bits per heavy atom. The van der Waals surface area contributed by atoms with E-state index < -0.39 is 36.6 Å². The number of carbonyl (C=O) groups is 4. The van der Waals surface area contributed by atoms with Gasteiger partial charge in [-0.2, -0.15) is 0 Å². The first-order chi connectivity index (χ1) is 10.4. The first kappa shape index (κ1) is 9.90. The van der Waals surface area contributed by atoms with Gasteiger partial charge in [0.1, 0.15) is 6.02 Å². The number of nitrogens with one attached hydrogen (secondary N) is 1. The lowest BCUT2D eigenvalue weighted by Gasteiger charge is -2.18. The van der Waals surface area contributed by atoms with E-state index in [4.69, 9.17) is 5.48 Å². The molecule has 0 radical (unpaired) electrons. The Morgan fingerprint density at radius 2 is 2.11 bits per heavy atom.